The minimum absolute atomic E-state index is 0.00247. The number of aliphatic hydroxyl groups is 1. The summed E-state index contributed by atoms with van der Waals surface area (Å²) in [5.74, 6) is 0.257. The van der Waals surface area contributed by atoms with Crippen molar-refractivity contribution in [3.8, 4) is 11.8 Å². The highest BCUT2D eigenvalue weighted by molar-refractivity contribution is 7.89. The second-order valence-corrected chi connectivity index (χ2v) is 18.9. The Morgan fingerprint density at radius 3 is 2.10 bits per heavy atom. The summed E-state index contributed by atoms with van der Waals surface area (Å²) in [6, 6.07) is 33.1. The standard InChI is InChI=1S/C44H54N3O10PS/c1-33(2)28-47(59(51,52)41-20-16-36(27-45)17-21-41)24-22-39(46-44(49)57-43-31-53-34(3)42(43)23-25-48)26-35-14-18-40(19-15-35)54-32-58(50,55-29-37-10-6-4-7-11-37)56-30-38-12-8-5-9-13-38/h4-21,33-34,39,42-43,48H,22-26,28-32H2,1-3H3,(H,46,49)/t34-,39+,42+,43-/m0/s1. The van der Waals surface area contributed by atoms with E-state index in [1.165, 1.54) is 28.6 Å². The van der Waals surface area contributed by atoms with E-state index in [0.717, 1.165) is 16.7 Å². The number of hydrogen-bond acceptors (Lipinski definition) is 11. The normalized spacial score (nSPS) is 17.4. The number of hydrogen-bond donors (Lipinski definition) is 2. The first-order chi connectivity index (χ1) is 28.4. The first-order valence-corrected chi connectivity index (χ1v) is 22.9. The predicted octanol–water partition coefficient (Wildman–Crippen LogP) is 7.68. The van der Waals surface area contributed by atoms with Crippen LogP contribution in [0.25, 0.3) is 0 Å². The Labute approximate surface area is 347 Å². The van der Waals surface area contributed by atoms with E-state index >= 15 is 0 Å². The highest BCUT2D eigenvalue weighted by Crippen LogP contribution is 2.49. The van der Waals surface area contributed by atoms with Gasteiger partial charge in [-0.2, -0.15) is 9.57 Å². The topological polar surface area (TPSA) is 174 Å². The molecule has 13 nitrogen and oxygen atoms in total. The van der Waals surface area contributed by atoms with E-state index in [2.05, 4.69) is 5.32 Å². The summed E-state index contributed by atoms with van der Waals surface area (Å²) in [6.07, 6.45) is -0.759. The summed E-state index contributed by atoms with van der Waals surface area (Å²) in [6.45, 7) is 6.34. The van der Waals surface area contributed by atoms with Crippen LogP contribution in [-0.2, 0) is 52.7 Å². The number of nitrogens with one attached hydrogen (secondary N) is 1. The molecule has 15 heteroatoms. The molecular formula is C44H54N3O10PS. The Morgan fingerprint density at radius 2 is 1.54 bits per heavy atom. The summed E-state index contributed by atoms with van der Waals surface area (Å²) >= 11 is 0. The molecule has 2 N–H and O–H groups in total. The van der Waals surface area contributed by atoms with E-state index < -0.39 is 35.9 Å². The molecule has 1 fully saturated rings. The van der Waals surface area contributed by atoms with E-state index in [1.54, 1.807) is 12.1 Å². The lowest BCUT2D eigenvalue weighted by Gasteiger charge is -2.27. The second-order valence-electron chi connectivity index (χ2n) is 14.9. The molecule has 1 aliphatic heterocycles. The number of carbonyl (C=O) groups is 1. The molecule has 0 aromatic heterocycles. The molecule has 59 heavy (non-hydrogen) atoms. The number of benzene rings is 4. The fourth-order valence-electron chi connectivity index (χ4n) is 6.68. The average molecular weight is 848 g/mol. The van der Waals surface area contributed by atoms with Crippen LogP contribution in [0.5, 0.6) is 5.75 Å². The van der Waals surface area contributed by atoms with Crippen LogP contribution >= 0.6 is 7.60 Å². The summed E-state index contributed by atoms with van der Waals surface area (Å²) in [7, 11) is -7.68. The Bertz CT molecular complexity index is 2050. The van der Waals surface area contributed by atoms with Crippen LogP contribution in [0.4, 0.5) is 4.79 Å². The quantitative estimate of drug-likeness (QED) is 0.0743. The van der Waals surface area contributed by atoms with Gasteiger partial charge in [0.05, 0.1) is 42.5 Å². The molecule has 0 unspecified atom stereocenters. The van der Waals surface area contributed by atoms with Gasteiger partial charge in [-0.1, -0.05) is 86.6 Å². The summed E-state index contributed by atoms with van der Waals surface area (Å²) in [5, 5.41) is 21.8. The van der Waals surface area contributed by atoms with Crippen molar-refractivity contribution in [3.05, 3.63) is 131 Å². The lowest BCUT2D eigenvalue weighted by atomic mass is 9.96. The van der Waals surface area contributed by atoms with Gasteiger partial charge in [0.1, 0.15) is 11.9 Å². The fourth-order valence-corrected chi connectivity index (χ4v) is 9.52. The Balaban J connectivity index is 1.29. The van der Waals surface area contributed by atoms with E-state index in [1.807, 2.05) is 99.6 Å². The lowest BCUT2D eigenvalue weighted by Crippen LogP contribution is -2.43. The van der Waals surface area contributed by atoms with Crippen LogP contribution in [0.3, 0.4) is 0 Å². The van der Waals surface area contributed by atoms with E-state index in [4.69, 9.17) is 23.3 Å². The molecule has 0 bridgehead atoms. The maximum atomic E-state index is 13.9. The molecule has 316 valence electrons. The predicted molar refractivity (Wildman–Crippen MR) is 223 cm³/mol. The Kier molecular flexibility index (Phi) is 17.1. The number of ether oxygens (including phenoxy) is 3. The smallest absolute Gasteiger partial charge is 0.407 e. The second kappa shape index (κ2) is 22.1. The first kappa shape index (κ1) is 45.5. The fraction of sp³-hybridized carbons (Fsp3) is 0.409. The minimum atomic E-state index is -3.94. The molecule has 1 saturated heterocycles. The van der Waals surface area contributed by atoms with Crippen molar-refractivity contribution in [2.24, 2.45) is 11.8 Å². The van der Waals surface area contributed by atoms with E-state index in [9.17, 15) is 28.1 Å². The number of alkyl carbamates (subject to hydrolysis) is 1. The third kappa shape index (κ3) is 14.0. The van der Waals surface area contributed by atoms with Gasteiger partial charge >= 0.3 is 13.7 Å². The van der Waals surface area contributed by atoms with Gasteiger partial charge in [-0.15, -0.1) is 0 Å². The zero-order chi connectivity index (χ0) is 42.3. The maximum absolute atomic E-state index is 13.9. The Hall–Kier alpha value is -4.58. The van der Waals surface area contributed by atoms with Crippen LogP contribution in [0.15, 0.2) is 114 Å². The molecule has 1 heterocycles. The number of sulfonamides is 1. The monoisotopic (exact) mass is 847 g/mol. The summed E-state index contributed by atoms with van der Waals surface area (Å²) in [5.41, 5.74) is 2.84. The van der Waals surface area contributed by atoms with Gasteiger partial charge in [0.25, 0.3) is 0 Å². The molecule has 1 aliphatic rings. The van der Waals surface area contributed by atoms with Crippen LogP contribution in [-0.4, -0.2) is 74.8 Å². The third-order valence-electron chi connectivity index (χ3n) is 9.90. The van der Waals surface area contributed by atoms with E-state index in [0.29, 0.717) is 24.2 Å². The average Bonchev–Trinajstić information content (AvgIpc) is 3.58. The lowest BCUT2D eigenvalue weighted by molar-refractivity contribution is 0.0644. The van der Waals surface area contributed by atoms with Gasteiger partial charge in [0.15, 0.2) is 6.35 Å². The number of amides is 1. The summed E-state index contributed by atoms with van der Waals surface area (Å²) < 4.78 is 72.2. The highest BCUT2D eigenvalue weighted by atomic mass is 32.2. The molecule has 0 aliphatic carbocycles. The van der Waals surface area contributed by atoms with Crippen LogP contribution in [0, 0.1) is 23.2 Å². The van der Waals surface area contributed by atoms with Crippen LogP contribution in [0.1, 0.15) is 55.9 Å². The van der Waals surface area contributed by atoms with Crippen molar-refractivity contribution in [1.82, 2.24) is 9.62 Å². The van der Waals surface area contributed by atoms with Crippen LogP contribution < -0.4 is 10.1 Å². The molecule has 1 amide bonds. The molecule has 0 saturated carbocycles. The van der Waals surface area contributed by atoms with Crippen molar-refractivity contribution < 1.29 is 46.1 Å². The van der Waals surface area contributed by atoms with Gasteiger partial charge in [-0.3, -0.25) is 4.57 Å². The number of rotatable bonds is 22. The number of aliphatic hydroxyl groups excluding tert-OH is 1. The van der Waals surface area contributed by atoms with Crippen molar-refractivity contribution >= 4 is 23.7 Å². The maximum Gasteiger partial charge on any atom is 0.407 e. The zero-order valence-corrected chi connectivity index (χ0v) is 35.4. The van der Waals surface area contributed by atoms with Gasteiger partial charge < -0.3 is 33.7 Å². The number of nitrogens with zero attached hydrogens (tertiary/aromatic N) is 2. The highest BCUT2D eigenvalue weighted by Gasteiger charge is 2.37. The van der Waals surface area contributed by atoms with Crippen molar-refractivity contribution in [3.63, 3.8) is 0 Å². The molecule has 5 rings (SSSR count). The van der Waals surface area contributed by atoms with Crippen LogP contribution in [0.2, 0.25) is 0 Å². The molecule has 4 aromatic carbocycles. The SMILES string of the molecule is CC(C)CN(CC[C@H](Cc1ccc(OCP(=O)(OCc2ccccc2)OCc2ccccc2)cc1)NC(=O)O[C@H]1CO[C@@H](C)[C@H]1CCO)S(=O)(=O)c1ccc(C#N)cc1. The van der Waals surface area contributed by atoms with Gasteiger partial charge in [0, 0.05) is 31.7 Å². The van der Waals surface area contributed by atoms with Crippen molar-refractivity contribution in [1.29, 1.82) is 5.26 Å². The molecule has 0 radical (unpaired) electrons. The van der Waals surface area contributed by atoms with E-state index in [-0.39, 0.29) is 75.1 Å². The van der Waals surface area contributed by atoms with Crippen molar-refractivity contribution in [2.45, 2.75) is 76.4 Å². The minimum Gasteiger partial charge on any atom is -0.481 e. The zero-order valence-electron chi connectivity index (χ0n) is 33.7. The summed E-state index contributed by atoms with van der Waals surface area (Å²) in [4.78, 5) is 13.5. The molecule has 0 spiro atoms. The van der Waals surface area contributed by atoms with Gasteiger partial charge in [-0.25, -0.2) is 13.2 Å². The van der Waals surface area contributed by atoms with Crippen molar-refractivity contribution in [2.75, 3.05) is 32.7 Å². The van der Waals surface area contributed by atoms with Gasteiger partial charge in [-0.05, 0) is 85.2 Å². The van der Waals surface area contributed by atoms with Gasteiger partial charge in [0.2, 0.25) is 10.0 Å². The Morgan fingerprint density at radius 1 is 0.932 bits per heavy atom. The third-order valence-corrected chi connectivity index (χ3v) is 13.3. The molecule has 4 atom stereocenters. The number of carbonyl (C=O) groups excluding carboxylic acids is 1. The first-order valence-electron chi connectivity index (χ1n) is 19.7. The number of nitriles is 1. The largest absolute Gasteiger partial charge is 0.481 e. The molecule has 4 aromatic rings. The molecular weight excluding hydrogens is 794 g/mol.